The van der Waals surface area contributed by atoms with Gasteiger partial charge in [0.2, 0.25) is 0 Å². The fraction of sp³-hybridized carbons (Fsp3) is 0.100. The minimum absolute atomic E-state index is 0.328. The van der Waals surface area contributed by atoms with Crippen molar-refractivity contribution in [2.24, 2.45) is 0 Å². The highest BCUT2D eigenvalue weighted by Gasteiger charge is 2.08. The number of hydrogen-bond acceptors (Lipinski definition) is 1. The number of hydrogen-bond donors (Lipinski definition) is 0. The fourth-order valence-electron chi connectivity index (χ4n) is 1.29. The van der Waals surface area contributed by atoms with Gasteiger partial charge in [-0.05, 0) is 18.1 Å². The SMILES string of the molecule is C#Cc1c(CF)nc2ccccn12. The molecular weight excluding hydrogens is 167 g/mol. The molecular formula is C10H7FN2. The topological polar surface area (TPSA) is 17.3 Å². The van der Waals surface area contributed by atoms with Crippen LogP contribution in [0.2, 0.25) is 0 Å². The van der Waals surface area contributed by atoms with Crippen molar-refractivity contribution in [1.29, 1.82) is 0 Å². The van der Waals surface area contributed by atoms with Gasteiger partial charge in [-0.15, -0.1) is 6.42 Å². The van der Waals surface area contributed by atoms with Crippen LogP contribution in [0.25, 0.3) is 5.65 Å². The average Bonchev–Trinajstić information content (AvgIpc) is 2.55. The first-order chi connectivity index (χ1) is 6.36. The summed E-state index contributed by atoms with van der Waals surface area (Å²) in [4.78, 5) is 4.05. The molecule has 0 unspecified atom stereocenters. The summed E-state index contributed by atoms with van der Waals surface area (Å²) in [6.45, 7) is -0.624. The van der Waals surface area contributed by atoms with Crippen molar-refractivity contribution in [2.75, 3.05) is 0 Å². The summed E-state index contributed by atoms with van der Waals surface area (Å²) in [5.74, 6) is 2.43. The lowest BCUT2D eigenvalue weighted by molar-refractivity contribution is 0.477. The zero-order valence-corrected chi connectivity index (χ0v) is 6.87. The number of imidazole rings is 1. The van der Waals surface area contributed by atoms with Gasteiger partial charge in [-0.25, -0.2) is 9.37 Å². The predicted molar refractivity (Wildman–Crippen MR) is 47.9 cm³/mol. The van der Waals surface area contributed by atoms with Gasteiger partial charge in [0.1, 0.15) is 23.7 Å². The van der Waals surface area contributed by atoms with E-state index < -0.39 is 6.67 Å². The summed E-state index contributed by atoms with van der Waals surface area (Å²) in [6, 6.07) is 5.46. The number of nitrogens with zero attached hydrogens (tertiary/aromatic N) is 2. The monoisotopic (exact) mass is 174 g/mol. The Hall–Kier alpha value is -1.82. The molecule has 0 fully saturated rings. The number of pyridine rings is 1. The van der Waals surface area contributed by atoms with E-state index in [4.69, 9.17) is 6.42 Å². The summed E-state index contributed by atoms with van der Waals surface area (Å²) in [6.07, 6.45) is 7.03. The molecule has 0 bridgehead atoms. The van der Waals surface area contributed by atoms with E-state index in [0.29, 0.717) is 17.0 Å². The van der Waals surface area contributed by atoms with E-state index in [2.05, 4.69) is 10.9 Å². The third-order valence-electron chi connectivity index (χ3n) is 1.87. The minimum atomic E-state index is -0.624. The second-order valence-electron chi connectivity index (χ2n) is 2.61. The molecule has 0 amide bonds. The Morgan fingerprint density at radius 1 is 1.54 bits per heavy atom. The summed E-state index contributed by atoms with van der Waals surface area (Å²) >= 11 is 0. The summed E-state index contributed by atoms with van der Waals surface area (Å²) in [5, 5.41) is 0. The van der Waals surface area contributed by atoms with Crippen molar-refractivity contribution in [3.63, 3.8) is 0 Å². The fourth-order valence-corrected chi connectivity index (χ4v) is 1.29. The van der Waals surface area contributed by atoms with Crippen LogP contribution in [-0.4, -0.2) is 9.38 Å². The quantitative estimate of drug-likeness (QED) is 0.602. The smallest absolute Gasteiger partial charge is 0.138 e. The lowest BCUT2D eigenvalue weighted by Crippen LogP contribution is -1.88. The molecule has 0 N–H and O–H groups in total. The van der Waals surface area contributed by atoms with Gasteiger partial charge in [0.05, 0.1) is 0 Å². The third kappa shape index (κ3) is 1.07. The highest BCUT2D eigenvalue weighted by atomic mass is 19.1. The largest absolute Gasteiger partial charge is 0.293 e. The molecule has 0 atom stereocenters. The lowest BCUT2D eigenvalue weighted by atomic mass is 10.3. The van der Waals surface area contributed by atoms with E-state index in [1.54, 1.807) is 16.7 Å². The van der Waals surface area contributed by atoms with Gasteiger partial charge in [0, 0.05) is 6.20 Å². The maximum atomic E-state index is 12.4. The molecule has 2 nitrogen and oxygen atoms in total. The van der Waals surface area contributed by atoms with Crippen LogP contribution in [0.1, 0.15) is 11.4 Å². The van der Waals surface area contributed by atoms with Crippen molar-refractivity contribution >= 4 is 5.65 Å². The Labute approximate surface area is 75.0 Å². The van der Waals surface area contributed by atoms with E-state index in [0.717, 1.165) is 0 Å². The zero-order chi connectivity index (χ0) is 9.26. The van der Waals surface area contributed by atoms with Crippen molar-refractivity contribution in [3.05, 3.63) is 35.8 Å². The number of halogens is 1. The van der Waals surface area contributed by atoms with E-state index in [1.165, 1.54) is 0 Å². The van der Waals surface area contributed by atoms with Crippen molar-refractivity contribution in [1.82, 2.24) is 9.38 Å². The minimum Gasteiger partial charge on any atom is -0.293 e. The van der Waals surface area contributed by atoms with Crippen LogP contribution in [0.15, 0.2) is 24.4 Å². The predicted octanol–water partition coefficient (Wildman–Crippen LogP) is 1.79. The number of aromatic nitrogens is 2. The van der Waals surface area contributed by atoms with Gasteiger partial charge in [-0.2, -0.15) is 0 Å². The van der Waals surface area contributed by atoms with Crippen molar-refractivity contribution in [3.8, 4) is 12.3 Å². The van der Waals surface area contributed by atoms with Gasteiger partial charge >= 0.3 is 0 Å². The van der Waals surface area contributed by atoms with E-state index >= 15 is 0 Å². The Balaban J connectivity index is 2.83. The van der Waals surface area contributed by atoms with Gasteiger partial charge in [0.15, 0.2) is 0 Å². The Kier molecular flexibility index (Phi) is 1.75. The van der Waals surface area contributed by atoms with Crippen LogP contribution in [-0.2, 0) is 6.67 Å². The van der Waals surface area contributed by atoms with Crippen LogP contribution >= 0.6 is 0 Å². The number of fused-ring (bicyclic) bond motifs is 1. The maximum absolute atomic E-state index is 12.4. The van der Waals surface area contributed by atoms with Crippen LogP contribution < -0.4 is 0 Å². The molecule has 0 aromatic carbocycles. The first kappa shape index (κ1) is 7.81. The molecule has 0 aliphatic heterocycles. The molecule has 0 saturated carbocycles. The standard InChI is InChI=1S/C10H7FN2/c1-2-9-8(7-11)12-10-5-3-4-6-13(9)10/h1,3-6H,7H2. The van der Waals surface area contributed by atoms with Gasteiger partial charge in [-0.3, -0.25) is 4.40 Å². The molecule has 2 aromatic rings. The molecule has 64 valence electrons. The van der Waals surface area contributed by atoms with Crippen LogP contribution in [0.3, 0.4) is 0 Å². The highest BCUT2D eigenvalue weighted by molar-refractivity contribution is 5.47. The summed E-state index contributed by atoms with van der Waals surface area (Å²) < 4.78 is 14.1. The molecule has 2 heterocycles. The molecule has 3 heteroatoms. The lowest BCUT2D eigenvalue weighted by Gasteiger charge is -1.92. The molecule has 0 saturated heterocycles. The van der Waals surface area contributed by atoms with Crippen LogP contribution in [0.4, 0.5) is 4.39 Å². The molecule has 13 heavy (non-hydrogen) atoms. The van der Waals surface area contributed by atoms with E-state index in [-0.39, 0.29) is 0 Å². The molecule has 0 spiro atoms. The zero-order valence-electron chi connectivity index (χ0n) is 6.87. The Bertz CT molecular complexity index is 479. The highest BCUT2D eigenvalue weighted by Crippen LogP contribution is 2.12. The second kappa shape index (κ2) is 2.91. The van der Waals surface area contributed by atoms with Gasteiger partial charge < -0.3 is 0 Å². The first-order valence-electron chi connectivity index (χ1n) is 3.85. The summed E-state index contributed by atoms with van der Waals surface area (Å²) in [5.41, 5.74) is 1.51. The normalized spacial score (nSPS) is 10.2. The number of rotatable bonds is 1. The Morgan fingerprint density at radius 2 is 2.38 bits per heavy atom. The third-order valence-corrected chi connectivity index (χ3v) is 1.87. The second-order valence-corrected chi connectivity index (χ2v) is 2.61. The molecule has 0 aliphatic rings. The van der Waals surface area contributed by atoms with Crippen molar-refractivity contribution in [2.45, 2.75) is 6.67 Å². The number of terminal acetylenes is 1. The molecule has 2 aromatic heterocycles. The van der Waals surface area contributed by atoms with E-state index in [1.807, 2.05) is 12.1 Å². The maximum Gasteiger partial charge on any atom is 0.138 e. The number of alkyl halides is 1. The van der Waals surface area contributed by atoms with Crippen molar-refractivity contribution < 1.29 is 4.39 Å². The molecule has 0 aliphatic carbocycles. The van der Waals surface area contributed by atoms with Gasteiger partial charge in [0.25, 0.3) is 0 Å². The van der Waals surface area contributed by atoms with Crippen LogP contribution in [0.5, 0.6) is 0 Å². The molecule has 2 rings (SSSR count). The Morgan fingerprint density at radius 3 is 3.08 bits per heavy atom. The first-order valence-corrected chi connectivity index (χ1v) is 3.85. The summed E-state index contributed by atoms with van der Waals surface area (Å²) in [7, 11) is 0. The molecule has 0 radical (unpaired) electrons. The van der Waals surface area contributed by atoms with E-state index in [9.17, 15) is 4.39 Å². The average molecular weight is 174 g/mol. The van der Waals surface area contributed by atoms with Crippen LogP contribution in [0, 0.1) is 12.3 Å². The van der Waals surface area contributed by atoms with Gasteiger partial charge in [-0.1, -0.05) is 6.07 Å².